The number of hydrogen-bond acceptors (Lipinski definition) is 1. The lowest BCUT2D eigenvalue weighted by Crippen LogP contribution is -2.11. The zero-order valence-electron chi connectivity index (χ0n) is 11.9. The molecule has 1 fully saturated rings. The molecular weight excluding hydrogens is 244 g/mol. The first kappa shape index (κ1) is 13.9. The summed E-state index contributed by atoms with van der Waals surface area (Å²) in [6.07, 6.45) is 8.29. The molecule has 1 heterocycles. The lowest BCUT2D eigenvalue weighted by molar-refractivity contribution is 0.447. The van der Waals surface area contributed by atoms with E-state index in [9.17, 15) is 0 Å². The summed E-state index contributed by atoms with van der Waals surface area (Å²) in [4.78, 5) is 0. The number of halogens is 1. The van der Waals surface area contributed by atoms with E-state index in [4.69, 9.17) is 16.7 Å². The summed E-state index contributed by atoms with van der Waals surface area (Å²) in [5.74, 6) is 0. The summed E-state index contributed by atoms with van der Waals surface area (Å²) >= 11 is 6.53. The number of alkyl halides is 1. The summed E-state index contributed by atoms with van der Waals surface area (Å²) in [6, 6.07) is 0.625. The van der Waals surface area contributed by atoms with E-state index in [2.05, 4.69) is 25.5 Å². The van der Waals surface area contributed by atoms with Gasteiger partial charge in [0.2, 0.25) is 0 Å². The fourth-order valence-corrected chi connectivity index (χ4v) is 3.42. The van der Waals surface area contributed by atoms with Crippen LogP contribution in [0.5, 0.6) is 0 Å². The van der Waals surface area contributed by atoms with Crippen molar-refractivity contribution in [2.45, 2.75) is 77.1 Å². The molecule has 0 spiro atoms. The number of nitrogens with zero attached hydrogens (tertiary/aromatic N) is 2. The quantitative estimate of drug-likeness (QED) is 0.701. The normalized spacial score (nSPS) is 18.4. The van der Waals surface area contributed by atoms with E-state index in [1.54, 1.807) is 0 Å². The van der Waals surface area contributed by atoms with Crippen molar-refractivity contribution in [3.05, 3.63) is 17.0 Å². The summed E-state index contributed by atoms with van der Waals surface area (Å²) < 4.78 is 2.31. The summed E-state index contributed by atoms with van der Waals surface area (Å²) in [7, 11) is 0. The van der Waals surface area contributed by atoms with E-state index in [0.29, 0.717) is 6.04 Å². The monoisotopic (exact) mass is 268 g/mol. The Labute approximate surface area is 116 Å². The van der Waals surface area contributed by atoms with Crippen LogP contribution in [-0.2, 0) is 12.8 Å². The predicted molar refractivity (Wildman–Crippen MR) is 77.4 cm³/mol. The second-order valence-corrected chi connectivity index (χ2v) is 5.80. The van der Waals surface area contributed by atoms with E-state index in [1.807, 2.05) is 0 Å². The Kier molecular flexibility index (Phi) is 4.71. The second-order valence-electron chi connectivity index (χ2n) is 5.27. The van der Waals surface area contributed by atoms with E-state index < -0.39 is 0 Å². The van der Waals surface area contributed by atoms with E-state index in [1.165, 1.54) is 42.6 Å². The molecule has 0 amide bonds. The van der Waals surface area contributed by atoms with Crippen molar-refractivity contribution in [2.24, 2.45) is 0 Å². The zero-order valence-corrected chi connectivity index (χ0v) is 12.6. The molecule has 2 nitrogen and oxygen atoms in total. The molecule has 0 radical (unpaired) electrons. The van der Waals surface area contributed by atoms with Gasteiger partial charge in [0.25, 0.3) is 0 Å². The molecule has 0 bridgehead atoms. The molecule has 0 aromatic carbocycles. The lowest BCUT2D eigenvalue weighted by atomic mass is 10.0. The molecular formula is C15H25ClN2. The predicted octanol–water partition coefficient (Wildman–Crippen LogP) is 4.81. The molecule has 1 aromatic rings. The maximum absolute atomic E-state index is 6.53. The third kappa shape index (κ3) is 2.45. The number of rotatable bonds is 5. The summed E-state index contributed by atoms with van der Waals surface area (Å²) in [5.41, 5.74) is 3.94. The SMILES string of the molecule is CCc1nn(C2CCCC2)c(CC)c1C(Cl)CC. The highest BCUT2D eigenvalue weighted by Crippen LogP contribution is 2.36. The Morgan fingerprint density at radius 1 is 1.22 bits per heavy atom. The largest absolute Gasteiger partial charge is 0.266 e. The fourth-order valence-electron chi connectivity index (χ4n) is 3.16. The molecule has 0 aliphatic heterocycles. The van der Waals surface area contributed by atoms with Gasteiger partial charge in [0.05, 0.1) is 17.1 Å². The molecule has 1 aromatic heterocycles. The Balaban J connectivity index is 2.43. The van der Waals surface area contributed by atoms with E-state index in [-0.39, 0.29) is 5.38 Å². The van der Waals surface area contributed by atoms with Crippen LogP contribution in [0.2, 0.25) is 0 Å². The molecule has 1 aliphatic carbocycles. The van der Waals surface area contributed by atoms with Crippen molar-refractivity contribution in [1.29, 1.82) is 0 Å². The van der Waals surface area contributed by atoms with Crippen LogP contribution in [0, 0.1) is 0 Å². The van der Waals surface area contributed by atoms with Crippen molar-refractivity contribution in [1.82, 2.24) is 9.78 Å². The van der Waals surface area contributed by atoms with Gasteiger partial charge >= 0.3 is 0 Å². The van der Waals surface area contributed by atoms with Crippen LogP contribution in [-0.4, -0.2) is 9.78 Å². The number of hydrogen-bond donors (Lipinski definition) is 0. The lowest BCUT2D eigenvalue weighted by Gasteiger charge is -2.15. The molecule has 3 heteroatoms. The topological polar surface area (TPSA) is 17.8 Å². The average molecular weight is 269 g/mol. The van der Waals surface area contributed by atoms with Gasteiger partial charge in [-0.2, -0.15) is 5.10 Å². The standard InChI is InChI=1S/C15H25ClN2/c1-4-12(16)15-13(5-2)17-18(14(15)6-3)11-9-7-8-10-11/h11-12H,4-10H2,1-3H3. The highest BCUT2D eigenvalue weighted by atomic mass is 35.5. The van der Waals surface area contributed by atoms with Gasteiger partial charge in [-0.1, -0.05) is 33.6 Å². The maximum atomic E-state index is 6.53. The van der Waals surface area contributed by atoms with Crippen LogP contribution in [0.3, 0.4) is 0 Å². The Bertz CT molecular complexity index is 391. The first-order valence-electron chi connectivity index (χ1n) is 7.47. The minimum atomic E-state index is 0.130. The molecule has 0 N–H and O–H groups in total. The Morgan fingerprint density at radius 3 is 2.39 bits per heavy atom. The highest BCUT2D eigenvalue weighted by Gasteiger charge is 2.26. The van der Waals surface area contributed by atoms with Gasteiger partial charge in [-0.05, 0) is 32.1 Å². The summed E-state index contributed by atoms with van der Waals surface area (Å²) in [6.45, 7) is 6.57. The molecule has 0 saturated heterocycles. The fraction of sp³-hybridized carbons (Fsp3) is 0.800. The molecule has 102 valence electrons. The van der Waals surface area contributed by atoms with Crippen molar-refractivity contribution >= 4 is 11.6 Å². The Hall–Kier alpha value is -0.500. The maximum Gasteiger partial charge on any atom is 0.0671 e. The van der Waals surface area contributed by atoms with Gasteiger partial charge in [-0.3, -0.25) is 4.68 Å². The average Bonchev–Trinajstić information content (AvgIpc) is 3.03. The number of aryl methyl sites for hydroxylation is 1. The minimum absolute atomic E-state index is 0.130. The van der Waals surface area contributed by atoms with Crippen molar-refractivity contribution in [2.75, 3.05) is 0 Å². The van der Waals surface area contributed by atoms with E-state index >= 15 is 0 Å². The first-order chi connectivity index (χ1) is 8.72. The third-order valence-electron chi connectivity index (χ3n) is 4.14. The molecule has 1 atom stereocenters. The van der Waals surface area contributed by atoms with Crippen molar-refractivity contribution in [3.8, 4) is 0 Å². The van der Waals surface area contributed by atoms with Crippen LogP contribution in [0.25, 0.3) is 0 Å². The Morgan fingerprint density at radius 2 is 1.89 bits per heavy atom. The molecule has 2 rings (SSSR count). The first-order valence-corrected chi connectivity index (χ1v) is 7.90. The molecule has 1 aliphatic rings. The molecule has 1 saturated carbocycles. The second kappa shape index (κ2) is 6.10. The minimum Gasteiger partial charge on any atom is -0.266 e. The van der Waals surface area contributed by atoms with Gasteiger partial charge in [-0.15, -0.1) is 11.6 Å². The van der Waals surface area contributed by atoms with Gasteiger partial charge in [0, 0.05) is 11.3 Å². The third-order valence-corrected chi connectivity index (χ3v) is 4.67. The van der Waals surface area contributed by atoms with Crippen LogP contribution in [0.15, 0.2) is 0 Å². The van der Waals surface area contributed by atoms with Crippen molar-refractivity contribution < 1.29 is 0 Å². The smallest absolute Gasteiger partial charge is 0.0671 e. The van der Waals surface area contributed by atoms with Gasteiger partial charge in [0.1, 0.15) is 0 Å². The summed E-state index contributed by atoms with van der Waals surface area (Å²) in [5, 5.41) is 5.01. The van der Waals surface area contributed by atoms with Gasteiger partial charge in [-0.25, -0.2) is 0 Å². The number of aromatic nitrogens is 2. The van der Waals surface area contributed by atoms with Gasteiger partial charge in [0.15, 0.2) is 0 Å². The van der Waals surface area contributed by atoms with Crippen LogP contribution >= 0.6 is 11.6 Å². The van der Waals surface area contributed by atoms with E-state index in [0.717, 1.165) is 19.3 Å². The van der Waals surface area contributed by atoms with Crippen LogP contribution in [0.1, 0.15) is 81.2 Å². The highest BCUT2D eigenvalue weighted by molar-refractivity contribution is 6.21. The van der Waals surface area contributed by atoms with Crippen molar-refractivity contribution in [3.63, 3.8) is 0 Å². The zero-order chi connectivity index (χ0) is 13.1. The van der Waals surface area contributed by atoms with Crippen LogP contribution in [0.4, 0.5) is 0 Å². The molecule has 18 heavy (non-hydrogen) atoms. The van der Waals surface area contributed by atoms with Gasteiger partial charge < -0.3 is 0 Å². The molecule has 1 unspecified atom stereocenters. The van der Waals surface area contributed by atoms with Crippen LogP contribution < -0.4 is 0 Å².